The molecule has 3 nitrogen and oxygen atoms in total. The molecule has 0 fully saturated rings. The zero-order chi connectivity index (χ0) is 13.4. The van der Waals surface area contributed by atoms with Crippen LogP contribution in [0.25, 0.3) is 21.8 Å². The normalized spacial score (nSPS) is 11.2. The van der Waals surface area contributed by atoms with E-state index >= 15 is 0 Å². The van der Waals surface area contributed by atoms with E-state index < -0.39 is 0 Å². The number of fused-ring (bicyclic) bond motifs is 2. The molecule has 1 aromatic heterocycles. The second-order valence-electron chi connectivity index (χ2n) is 4.34. The number of pyridine rings is 1. The lowest BCUT2D eigenvalue weighted by atomic mass is 10.1. The maximum absolute atomic E-state index is 12.6. The highest BCUT2D eigenvalue weighted by molar-refractivity contribution is 7.99. The van der Waals surface area contributed by atoms with Gasteiger partial charge in [0.25, 0.3) is 0 Å². The van der Waals surface area contributed by atoms with Crippen LogP contribution in [-0.4, -0.2) is 10.7 Å². The zero-order valence-corrected chi connectivity index (χ0v) is 11.4. The molecule has 0 radical (unpaired) electrons. The maximum atomic E-state index is 12.6. The first-order valence-electron chi connectivity index (χ1n) is 6.18. The van der Waals surface area contributed by atoms with Gasteiger partial charge in [0.2, 0.25) is 0 Å². The summed E-state index contributed by atoms with van der Waals surface area (Å²) in [6, 6.07) is 11.3. The van der Waals surface area contributed by atoms with E-state index in [1.165, 1.54) is 0 Å². The van der Waals surface area contributed by atoms with E-state index in [1.54, 1.807) is 11.8 Å². The highest BCUT2D eigenvalue weighted by Gasteiger charge is 2.11. The van der Waals surface area contributed by atoms with Crippen molar-refractivity contribution in [2.45, 2.75) is 11.8 Å². The van der Waals surface area contributed by atoms with Crippen LogP contribution in [0.4, 0.5) is 5.69 Å². The van der Waals surface area contributed by atoms with Crippen LogP contribution in [0, 0.1) is 0 Å². The Hall–Kier alpha value is -1.94. The van der Waals surface area contributed by atoms with E-state index in [0.717, 1.165) is 21.7 Å². The Labute approximate surface area is 114 Å². The molecule has 0 aliphatic rings. The van der Waals surface area contributed by atoms with E-state index in [-0.39, 0.29) is 5.43 Å². The molecule has 3 rings (SSSR count). The lowest BCUT2D eigenvalue weighted by Gasteiger charge is -2.09. The first-order valence-corrected chi connectivity index (χ1v) is 7.17. The van der Waals surface area contributed by atoms with Gasteiger partial charge in [0.05, 0.1) is 10.9 Å². The molecule has 4 heteroatoms. The van der Waals surface area contributed by atoms with Crippen molar-refractivity contribution < 1.29 is 0 Å². The quantitative estimate of drug-likeness (QED) is 0.426. The number of H-pyrrole nitrogens is 1. The van der Waals surface area contributed by atoms with Crippen LogP contribution in [0.2, 0.25) is 0 Å². The minimum absolute atomic E-state index is 0.000373. The van der Waals surface area contributed by atoms with E-state index in [1.807, 2.05) is 36.4 Å². The molecule has 0 bridgehead atoms. The van der Waals surface area contributed by atoms with E-state index in [2.05, 4.69) is 11.9 Å². The van der Waals surface area contributed by atoms with Gasteiger partial charge in [-0.25, -0.2) is 0 Å². The minimum Gasteiger partial charge on any atom is -0.398 e. The smallest absolute Gasteiger partial charge is 0.199 e. The summed E-state index contributed by atoms with van der Waals surface area (Å²) in [6.07, 6.45) is 0. The summed E-state index contributed by atoms with van der Waals surface area (Å²) in [5.41, 5.74) is 8.21. The van der Waals surface area contributed by atoms with Crippen LogP contribution in [-0.2, 0) is 0 Å². The fraction of sp³-hybridized carbons (Fsp3) is 0.133. The third-order valence-electron chi connectivity index (χ3n) is 3.16. The predicted molar refractivity (Wildman–Crippen MR) is 82.9 cm³/mol. The monoisotopic (exact) mass is 270 g/mol. The van der Waals surface area contributed by atoms with Gasteiger partial charge in [-0.05, 0) is 30.0 Å². The summed E-state index contributed by atoms with van der Waals surface area (Å²) in [6.45, 7) is 2.09. The number of nitrogens with two attached hydrogens (primary N) is 1. The second kappa shape index (κ2) is 4.63. The Bertz CT molecular complexity index is 823. The zero-order valence-electron chi connectivity index (χ0n) is 10.6. The molecule has 96 valence electrons. The first-order chi connectivity index (χ1) is 9.22. The van der Waals surface area contributed by atoms with Crippen molar-refractivity contribution in [1.82, 2.24) is 4.98 Å². The number of rotatable bonds is 2. The van der Waals surface area contributed by atoms with Crippen LogP contribution >= 0.6 is 11.8 Å². The molecule has 0 spiro atoms. The first kappa shape index (κ1) is 12.1. The van der Waals surface area contributed by atoms with Crippen molar-refractivity contribution in [2.75, 3.05) is 11.5 Å². The summed E-state index contributed by atoms with van der Waals surface area (Å²) in [5, 5.41) is 1.28. The largest absolute Gasteiger partial charge is 0.398 e. The predicted octanol–water partition coefficient (Wildman–Crippen LogP) is 3.38. The molecule has 0 aliphatic carbocycles. The van der Waals surface area contributed by atoms with Gasteiger partial charge in [-0.2, -0.15) is 0 Å². The van der Waals surface area contributed by atoms with Crippen LogP contribution in [0.15, 0.2) is 46.1 Å². The van der Waals surface area contributed by atoms with Gasteiger partial charge >= 0.3 is 0 Å². The fourth-order valence-corrected chi connectivity index (χ4v) is 3.08. The van der Waals surface area contributed by atoms with Gasteiger partial charge in [0.1, 0.15) is 0 Å². The number of anilines is 1. The Morgan fingerprint density at radius 2 is 2.00 bits per heavy atom. The molecular formula is C15H14N2OS. The second-order valence-corrected chi connectivity index (χ2v) is 5.64. The number of nitrogens with one attached hydrogen (secondary N) is 1. The summed E-state index contributed by atoms with van der Waals surface area (Å²) < 4.78 is 0. The van der Waals surface area contributed by atoms with Crippen molar-refractivity contribution in [3.63, 3.8) is 0 Å². The summed E-state index contributed by atoms with van der Waals surface area (Å²) in [5.74, 6) is 0.952. The van der Waals surface area contributed by atoms with Gasteiger partial charge < -0.3 is 10.7 Å². The van der Waals surface area contributed by atoms with Crippen LogP contribution in [0.1, 0.15) is 6.92 Å². The molecule has 3 aromatic rings. The van der Waals surface area contributed by atoms with Crippen LogP contribution in [0.3, 0.4) is 0 Å². The molecule has 0 saturated heterocycles. The standard InChI is InChI=1S/C15H14N2OS/c1-2-19-12-8-7-10(16)13-14(12)17-11-6-4-3-5-9(11)15(13)18/h3-8H,2,16H2,1H3,(H,17,18). The molecule has 0 amide bonds. The van der Waals surface area contributed by atoms with Gasteiger partial charge in [0.15, 0.2) is 5.43 Å². The summed E-state index contributed by atoms with van der Waals surface area (Å²) in [4.78, 5) is 17.0. The van der Waals surface area contributed by atoms with Gasteiger partial charge in [-0.15, -0.1) is 11.8 Å². The average molecular weight is 270 g/mol. The molecular weight excluding hydrogens is 256 g/mol. The number of benzene rings is 2. The Kier molecular flexibility index (Phi) is 2.95. The summed E-state index contributed by atoms with van der Waals surface area (Å²) >= 11 is 1.71. The highest BCUT2D eigenvalue weighted by atomic mass is 32.2. The van der Waals surface area contributed by atoms with Gasteiger partial charge in [0, 0.05) is 21.5 Å². The third-order valence-corrected chi connectivity index (χ3v) is 4.10. The van der Waals surface area contributed by atoms with Crippen molar-refractivity contribution in [2.24, 2.45) is 0 Å². The van der Waals surface area contributed by atoms with Gasteiger partial charge in [-0.1, -0.05) is 19.1 Å². The fourth-order valence-electron chi connectivity index (χ4n) is 2.30. The van der Waals surface area contributed by atoms with E-state index in [4.69, 9.17) is 5.73 Å². The van der Waals surface area contributed by atoms with Gasteiger partial charge in [-0.3, -0.25) is 4.79 Å². The number of nitrogen functional groups attached to an aromatic ring is 1. The number of thioether (sulfide) groups is 1. The molecule has 0 unspecified atom stereocenters. The highest BCUT2D eigenvalue weighted by Crippen LogP contribution is 2.29. The van der Waals surface area contributed by atoms with Crippen molar-refractivity contribution in [3.8, 4) is 0 Å². The minimum atomic E-state index is 0.000373. The Balaban J connectivity index is 2.53. The number of aromatic amines is 1. The molecule has 19 heavy (non-hydrogen) atoms. The number of para-hydroxylation sites is 1. The molecule has 0 aliphatic heterocycles. The van der Waals surface area contributed by atoms with Crippen LogP contribution < -0.4 is 11.2 Å². The molecule has 2 aromatic carbocycles. The molecule has 0 atom stereocenters. The molecule has 1 heterocycles. The van der Waals surface area contributed by atoms with Crippen molar-refractivity contribution >= 4 is 39.3 Å². The van der Waals surface area contributed by atoms with Crippen molar-refractivity contribution in [1.29, 1.82) is 0 Å². The number of aromatic nitrogens is 1. The van der Waals surface area contributed by atoms with E-state index in [9.17, 15) is 4.79 Å². The number of hydrogen-bond acceptors (Lipinski definition) is 3. The Morgan fingerprint density at radius 3 is 2.79 bits per heavy atom. The van der Waals surface area contributed by atoms with E-state index in [0.29, 0.717) is 16.5 Å². The maximum Gasteiger partial charge on any atom is 0.199 e. The Morgan fingerprint density at radius 1 is 1.21 bits per heavy atom. The molecule has 0 saturated carbocycles. The lowest BCUT2D eigenvalue weighted by Crippen LogP contribution is -2.07. The molecule has 3 N–H and O–H groups in total. The number of hydrogen-bond donors (Lipinski definition) is 2. The average Bonchev–Trinajstić information content (AvgIpc) is 2.42. The summed E-state index contributed by atoms with van der Waals surface area (Å²) in [7, 11) is 0. The topological polar surface area (TPSA) is 58.9 Å². The third kappa shape index (κ3) is 1.88. The van der Waals surface area contributed by atoms with Crippen LogP contribution in [0.5, 0.6) is 0 Å². The lowest BCUT2D eigenvalue weighted by molar-refractivity contribution is 1.39. The van der Waals surface area contributed by atoms with Crippen molar-refractivity contribution in [3.05, 3.63) is 46.6 Å². The SMILES string of the molecule is CCSc1ccc(N)c2c(=O)c3ccccc3[nH]c12.